The van der Waals surface area contributed by atoms with Crippen LogP contribution in [-0.2, 0) is 0 Å². The molecule has 2 fully saturated rings. The summed E-state index contributed by atoms with van der Waals surface area (Å²) in [5.41, 5.74) is 8.35. The number of furan rings is 1. The number of para-hydroxylation sites is 1. The summed E-state index contributed by atoms with van der Waals surface area (Å²) in [6.07, 6.45) is 7.54. The van der Waals surface area contributed by atoms with Crippen molar-refractivity contribution in [3.05, 3.63) is 88.6 Å². The number of hydrogen-bond acceptors (Lipinski definition) is 3. The second-order valence-electron chi connectivity index (χ2n) is 14.2. The van der Waals surface area contributed by atoms with E-state index in [1.54, 1.807) is 12.1 Å². The third-order valence-corrected chi connectivity index (χ3v) is 16.2. The van der Waals surface area contributed by atoms with Gasteiger partial charge in [-0.25, -0.2) is 0 Å². The van der Waals surface area contributed by atoms with Gasteiger partial charge in [0.05, 0.1) is 25.4 Å². The molecule has 4 heteroatoms. The molecular formula is C41H46N2OSi. The molecule has 0 unspecified atom stereocenters. The fraction of sp³-hybridized carbons (Fsp3) is 0.415. The van der Waals surface area contributed by atoms with Gasteiger partial charge < -0.3 is 4.42 Å². The van der Waals surface area contributed by atoms with E-state index in [1.165, 1.54) is 49.6 Å². The third kappa shape index (κ3) is 5.44. The van der Waals surface area contributed by atoms with Crippen LogP contribution in [0.5, 0.6) is 0 Å². The maximum atomic E-state index is 9.84. The first kappa shape index (κ1) is 25.5. The predicted octanol–water partition coefficient (Wildman–Crippen LogP) is 12.3. The van der Waals surface area contributed by atoms with Crippen LogP contribution in [0.25, 0.3) is 44.3 Å². The molecule has 0 bridgehead atoms. The second kappa shape index (κ2) is 11.9. The van der Waals surface area contributed by atoms with Gasteiger partial charge in [0.15, 0.2) is 0 Å². The number of nitriles is 1. The van der Waals surface area contributed by atoms with E-state index in [9.17, 15) is 6.63 Å². The highest BCUT2D eigenvalue weighted by Crippen LogP contribution is 2.48. The Hall–Kier alpha value is -3.68. The monoisotopic (exact) mass is 614 g/mol. The summed E-state index contributed by atoms with van der Waals surface area (Å²) in [5.74, 6) is -0.374. The van der Waals surface area contributed by atoms with Crippen LogP contribution in [0.15, 0.2) is 65.2 Å². The quantitative estimate of drug-likeness (QED) is 0.185. The lowest BCUT2D eigenvalue weighted by molar-refractivity contribution is 0.574. The summed E-state index contributed by atoms with van der Waals surface area (Å²) in [4.78, 5) is 4.75. The second-order valence-corrected chi connectivity index (χ2v) is 19.2. The van der Waals surface area contributed by atoms with Gasteiger partial charge in [-0.1, -0.05) is 95.4 Å². The van der Waals surface area contributed by atoms with Gasteiger partial charge in [0.2, 0.25) is 0 Å². The fourth-order valence-corrected chi connectivity index (χ4v) is 13.3. The Morgan fingerprint density at radius 2 is 1.62 bits per heavy atom. The SMILES string of the molecule is [2H]C([2H])([2H])c1cnc(-c2cccc3c2oc2cc(C#N)ccc23)cc1-c1c(C(C)C)cc(C2([2H])CC[Si]3(CCCCC3)CC2)cc1C(C)C. The lowest BCUT2D eigenvalue weighted by Crippen LogP contribution is -2.39. The predicted molar refractivity (Wildman–Crippen MR) is 191 cm³/mol. The summed E-state index contributed by atoms with van der Waals surface area (Å²) in [7, 11) is -1.24. The van der Waals surface area contributed by atoms with Crippen molar-refractivity contribution >= 4 is 30.0 Å². The van der Waals surface area contributed by atoms with Gasteiger partial charge in [-0.05, 0) is 101 Å². The van der Waals surface area contributed by atoms with Gasteiger partial charge in [-0.3, -0.25) is 4.98 Å². The Bertz CT molecular complexity index is 2060. The van der Waals surface area contributed by atoms with E-state index in [4.69, 9.17) is 13.5 Å². The maximum Gasteiger partial charge on any atom is 0.144 e. The zero-order chi connectivity index (χ0) is 34.7. The molecule has 0 atom stereocenters. The summed E-state index contributed by atoms with van der Waals surface area (Å²) in [6.45, 7) is 6.33. The van der Waals surface area contributed by atoms with Crippen molar-refractivity contribution in [3.8, 4) is 28.5 Å². The highest BCUT2D eigenvalue weighted by molar-refractivity contribution is 6.80. The highest BCUT2D eigenvalue weighted by Gasteiger charge is 2.38. The van der Waals surface area contributed by atoms with Crippen LogP contribution in [0.2, 0.25) is 24.2 Å². The topological polar surface area (TPSA) is 49.8 Å². The zero-order valence-corrected chi connectivity index (χ0v) is 28.1. The number of hydrogen-bond donors (Lipinski definition) is 0. The Labute approximate surface area is 275 Å². The molecule has 2 aromatic heterocycles. The molecule has 230 valence electrons. The van der Waals surface area contributed by atoms with Crippen molar-refractivity contribution < 1.29 is 9.90 Å². The largest absolute Gasteiger partial charge is 0.455 e. The molecule has 3 aromatic carbocycles. The average molecular weight is 615 g/mol. The summed E-state index contributed by atoms with van der Waals surface area (Å²) >= 11 is 0. The molecule has 7 rings (SSSR count). The molecule has 3 nitrogen and oxygen atoms in total. The van der Waals surface area contributed by atoms with Crippen molar-refractivity contribution in [3.63, 3.8) is 0 Å². The van der Waals surface area contributed by atoms with Crippen LogP contribution in [0.3, 0.4) is 0 Å². The molecule has 1 spiro atoms. The minimum absolute atomic E-state index is 0.118. The summed E-state index contributed by atoms with van der Waals surface area (Å²) in [6, 6.07) is 25.4. The van der Waals surface area contributed by atoms with Gasteiger partial charge in [-0.2, -0.15) is 5.26 Å². The Morgan fingerprint density at radius 1 is 0.889 bits per heavy atom. The van der Waals surface area contributed by atoms with Crippen LogP contribution in [0.4, 0.5) is 0 Å². The molecule has 0 N–H and O–H groups in total. The first-order valence-corrected chi connectivity index (χ1v) is 19.7. The van der Waals surface area contributed by atoms with Gasteiger partial charge >= 0.3 is 0 Å². The number of rotatable bonds is 5. The number of fused-ring (bicyclic) bond motifs is 3. The normalized spacial score (nSPS) is 19.4. The van der Waals surface area contributed by atoms with Crippen LogP contribution in [0.1, 0.15) is 111 Å². The molecular weight excluding hydrogens is 565 g/mol. The summed E-state index contributed by atoms with van der Waals surface area (Å²) in [5, 5.41) is 11.3. The van der Waals surface area contributed by atoms with Gasteiger partial charge in [0.25, 0.3) is 0 Å². The molecule has 0 saturated carbocycles. The molecule has 45 heavy (non-hydrogen) atoms. The van der Waals surface area contributed by atoms with Gasteiger partial charge in [0, 0.05) is 28.0 Å². The number of aromatic nitrogens is 1. The van der Waals surface area contributed by atoms with Crippen LogP contribution in [-0.4, -0.2) is 13.1 Å². The minimum Gasteiger partial charge on any atom is -0.455 e. The van der Waals surface area contributed by atoms with E-state index < -0.39 is 20.8 Å². The molecule has 2 aliphatic heterocycles. The Kier molecular flexibility index (Phi) is 6.75. The lowest BCUT2D eigenvalue weighted by Gasteiger charge is -2.41. The van der Waals surface area contributed by atoms with Gasteiger partial charge in [0.1, 0.15) is 11.2 Å². The van der Waals surface area contributed by atoms with E-state index in [-0.39, 0.29) is 17.4 Å². The zero-order valence-electron chi connectivity index (χ0n) is 31.1. The van der Waals surface area contributed by atoms with Crippen molar-refractivity contribution in [2.24, 2.45) is 0 Å². The number of pyridine rings is 1. The highest BCUT2D eigenvalue weighted by atomic mass is 28.3. The Balaban J connectivity index is 1.40. The van der Waals surface area contributed by atoms with Crippen LogP contribution >= 0.6 is 0 Å². The number of nitrogens with zero attached hydrogens (tertiary/aromatic N) is 2. The first-order valence-electron chi connectivity index (χ1n) is 18.9. The number of benzene rings is 3. The van der Waals surface area contributed by atoms with Crippen molar-refractivity contribution in [2.45, 2.75) is 109 Å². The van der Waals surface area contributed by atoms with Crippen molar-refractivity contribution in [1.29, 1.82) is 5.26 Å². The van der Waals surface area contributed by atoms with E-state index in [0.717, 1.165) is 51.4 Å². The molecule has 0 radical (unpaired) electrons. The average Bonchev–Trinajstić information content (AvgIpc) is 3.47. The molecule has 2 aliphatic rings. The van der Waals surface area contributed by atoms with Gasteiger partial charge in [-0.15, -0.1) is 0 Å². The fourth-order valence-electron chi connectivity index (χ4n) is 8.17. The molecule has 4 heterocycles. The lowest BCUT2D eigenvalue weighted by atomic mass is 9.79. The summed E-state index contributed by atoms with van der Waals surface area (Å²) < 4.78 is 42.0. The van der Waals surface area contributed by atoms with E-state index in [0.29, 0.717) is 28.0 Å². The Morgan fingerprint density at radius 3 is 2.29 bits per heavy atom. The van der Waals surface area contributed by atoms with Crippen LogP contribution < -0.4 is 0 Å². The first-order chi connectivity index (χ1) is 23.3. The smallest absolute Gasteiger partial charge is 0.144 e. The van der Waals surface area contributed by atoms with E-state index in [1.807, 2.05) is 30.3 Å². The molecule has 0 aliphatic carbocycles. The standard InChI is InChI=1S/C41H46N2OSi/c1-26(2)35-21-31(30-14-18-45(19-15-30)16-7-6-8-17-45)22-36(27(3)4)40(35)37-23-38(43-25-28(37)5)34-11-9-10-33-32-13-12-29(24-42)20-39(32)44-41(33)34/h9-13,20-23,25-27,30H,6-8,14-19H2,1-5H3/i5D3,30D. The molecule has 5 aromatic rings. The van der Waals surface area contributed by atoms with Crippen molar-refractivity contribution in [1.82, 2.24) is 4.98 Å². The maximum absolute atomic E-state index is 9.84. The van der Waals surface area contributed by atoms with Crippen molar-refractivity contribution in [2.75, 3.05) is 0 Å². The third-order valence-electron chi connectivity index (χ3n) is 10.8. The number of aryl methyl sites for hydroxylation is 1. The molecule has 0 amide bonds. The van der Waals surface area contributed by atoms with E-state index in [2.05, 4.69) is 45.9 Å². The van der Waals surface area contributed by atoms with Crippen LogP contribution in [0, 0.1) is 18.2 Å². The molecule has 2 saturated heterocycles. The minimum atomic E-state index is -2.37. The van der Waals surface area contributed by atoms with E-state index >= 15 is 0 Å².